The predicted octanol–water partition coefficient (Wildman–Crippen LogP) is 3.00. The molecule has 142 valence electrons. The molecule has 0 saturated carbocycles. The Morgan fingerprint density at radius 1 is 1.26 bits per heavy atom. The van der Waals surface area contributed by atoms with Crippen LogP contribution in [0.5, 0.6) is 0 Å². The number of piperidine rings is 1. The van der Waals surface area contributed by atoms with Crippen LogP contribution in [0, 0.1) is 0 Å². The number of nitrogens with one attached hydrogen (secondary N) is 1. The second-order valence-electron chi connectivity index (χ2n) is 6.95. The molecule has 3 aromatic rings. The summed E-state index contributed by atoms with van der Waals surface area (Å²) < 4.78 is 7.47. The zero-order valence-electron chi connectivity index (χ0n) is 15.6. The summed E-state index contributed by atoms with van der Waals surface area (Å²) >= 11 is 0. The lowest BCUT2D eigenvalue weighted by Crippen LogP contribution is -2.40. The molecule has 7 heteroatoms. The van der Waals surface area contributed by atoms with Gasteiger partial charge in [-0.25, -0.2) is 4.68 Å². The number of fused-ring (bicyclic) bond motifs is 1. The first-order chi connectivity index (χ1) is 13.3. The number of likely N-dealkylation sites (tertiary alicyclic amines) is 1. The number of rotatable bonds is 6. The van der Waals surface area contributed by atoms with E-state index in [2.05, 4.69) is 20.5 Å². The maximum absolute atomic E-state index is 12.7. The average Bonchev–Trinajstić information content (AvgIpc) is 3.38. The number of carbonyl (C=O) groups excluding carboxylic acids is 1. The number of nitrogens with zero attached hydrogens (tertiary/aromatic N) is 4. The summed E-state index contributed by atoms with van der Waals surface area (Å²) in [6.45, 7) is 5.36. The lowest BCUT2D eigenvalue weighted by Gasteiger charge is -2.33. The molecule has 0 unspecified atom stereocenters. The van der Waals surface area contributed by atoms with Crippen molar-refractivity contribution < 1.29 is 9.21 Å². The van der Waals surface area contributed by atoms with Gasteiger partial charge >= 0.3 is 0 Å². The summed E-state index contributed by atoms with van der Waals surface area (Å²) in [5, 5.41) is 11.3. The third-order valence-electron chi connectivity index (χ3n) is 5.23. The molecule has 0 radical (unpaired) electrons. The van der Waals surface area contributed by atoms with Gasteiger partial charge in [-0.05, 0) is 63.2 Å². The zero-order valence-corrected chi connectivity index (χ0v) is 15.6. The van der Waals surface area contributed by atoms with Gasteiger partial charge in [0.1, 0.15) is 11.3 Å². The maximum Gasteiger partial charge on any atom is 0.251 e. The fourth-order valence-corrected chi connectivity index (χ4v) is 3.76. The van der Waals surface area contributed by atoms with Gasteiger partial charge in [-0.2, -0.15) is 0 Å². The van der Waals surface area contributed by atoms with Gasteiger partial charge in [0.2, 0.25) is 0 Å². The first-order valence-corrected chi connectivity index (χ1v) is 9.65. The minimum Gasteiger partial charge on any atom is -0.468 e. The van der Waals surface area contributed by atoms with Crippen molar-refractivity contribution in [3.8, 4) is 0 Å². The highest BCUT2D eigenvalue weighted by molar-refractivity contribution is 5.97. The molecule has 1 amide bonds. The molecule has 0 aliphatic carbocycles. The first-order valence-electron chi connectivity index (χ1n) is 9.65. The zero-order chi connectivity index (χ0) is 18.6. The lowest BCUT2D eigenvalue weighted by molar-refractivity contribution is 0.0914. The normalized spacial score (nSPS) is 16.5. The highest BCUT2D eigenvalue weighted by Gasteiger charge is 2.25. The summed E-state index contributed by atoms with van der Waals surface area (Å²) in [5.41, 5.74) is 2.28. The summed E-state index contributed by atoms with van der Waals surface area (Å²) in [7, 11) is 0. The van der Waals surface area contributed by atoms with E-state index in [0.717, 1.165) is 36.4 Å². The molecule has 1 aliphatic rings. The number of amides is 1. The van der Waals surface area contributed by atoms with Crippen LogP contribution < -0.4 is 5.32 Å². The van der Waals surface area contributed by atoms with Gasteiger partial charge in [0.15, 0.2) is 0 Å². The summed E-state index contributed by atoms with van der Waals surface area (Å²) in [6.07, 6.45) is 5.34. The Hall–Kier alpha value is -2.67. The maximum atomic E-state index is 12.7. The number of hydrogen-bond donors (Lipinski definition) is 1. The van der Waals surface area contributed by atoms with Crippen molar-refractivity contribution in [3.63, 3.8) is 0 Å². The fourth-order valence-electron chi connectivity index (χ4n) is 3.76. The van der Waals surface area contributed by atoms with Crippen molar-refractivity contribution in [2.75, 3.05) is 19.6 Å². The van der Waals surface area contributed by atoms with E-state index in [-0.39, 0.29) is 11.9 Å². The summed E-state index contributed by atoms with van der Waals surface area (Å²) in [6, 6.07) is 9.49. The Balaban J connectivity index is 1.47. The largest absolute Gasteiger partial charge is 0.468 e. The van der Waals surface area contributed by atoms with Crippen molar-refractivity contribution in [2.45, 2.75) is 38.8 Å². The molecular formula is C20H25N5O2. The van der Waals surface area contributed by atoms with Crippen molar-refractivity contribution >= 4 is 16.9 Å². The van der Waals surface area contributed by atoms with Gasteiger partial charge in [0.25, 0.3) is 5.91 Å². The number of carbonyl (C=O) groups is 1. The van der Waals surface area contributed by atoms with Crippen LogP contribution in [0.25, 0.3) is 11.0 Å². The fraction of sp³-hybridized carbons (Fsp3) is 0.450. The Bertz CT molecular complexity index is 896. The van der Waals surface area contributed by atoms with Crippen LogP contribution in [0.1, 0.15) is 48.3 Å². The number of aromatic nitrogens is 3. The first kappa shape index (κ1) is 17.7. The van der Waals surface area contributed by atoms with Crippen LogP contribution in [0.15, 0.2) is 41.0 Å². The Morgan fingerprint density at radius 3 is 2.85 bits per heavy atom. The van der Waals surface area contributed by atoms with Crippen LogP contribution in [-0.4, -0.2) is 45.4 Å². The van der Waals surface area contributed by atoms with E-state index in [9.17, 15) is 4.79 Å². The molecular weight excluding hydrogens is 342 g/mol. The molecule has 0 spiro atoms. The smallest absolute Gasteiger partial charge is 0.251 e. The van der Waals surface area contributed by atoms with Gasteiger partial charge in [-0.1, -0.05) is 11.6 Å². The van der Waals surface area contributed by atoms with Crippen LogP contribution in [-0.2, 0) is 6.54 Å². The second-order valence-corrected chi connectivity index (χ2v) is 6.95. The van der Waals surface area contributed by atoms with Gasteiger partial charge < -0.3 is 9.73 Å². The SMILES string of the molecule is CCn1nnc2cc(C(=O)NC[C@@H](c3ccco3)N3CCCCC3)ccc21. The molecule has 3 heterocycles. The van der Waals surface area contributed by atoms with E-state index >= 15 is 0 Å². The minimum absolute atomic E-state index is 0.0638. The number of furan rings is 1. The lowest BCUT2D eigenvalue weighted by atomic mass is 10.1. The predicted molar refractivity (Wildman–Crippen MR) is 102 cm³/mol. The number of benzene rings is 1. The van der Waals surface area contributed by atoms with Crippen molar-refractivity contribution in [1.29, 1.82) is 0 Å². The minimum atomic E-state index is -0.100. The Morgan fingerprint density at radius 2 is 2.11 bits per heavy atom. The molecule has 1 fully saturated rings. The standard InChI is InChI=1S/C20H25N5O2/c1-2-25-17-9-8-15(13-16(17)22-23-25)20(26)21-14-18(19-7-6-12-27-19)24-10-4-3-5-11-24/h6-9,12-13,18H,2-5,10-11,14H2,1H3,(H,21,26)/t18-/m0/s1. The monoisotopic (exact) mass is 367 g/mol. The molecule has 2 aromatic heterocycles. The molecule has 1 saturated heterocycles. The van der Waals surface area contributed by atoms with E-state index in [4.69, 9.17) is 4.42 Å². The van der Waals surface area contributed by atoms with E-state index in [1.54, 1.807) is 12.3 Å². The van der Waals surface area contributed by atoms with E-state index < -0.39 is 0 Å². The van der Waals surface area contributed by atoms with Gasteiger partial charge in [0, 0.05) is 18.7 Å². The average molecular weight is 367 g/mol. The number of hydrogen-bond acceptors (Lipinski definition) is 5. The highest BCUT2D eigenvalue weighted by atomic mass is 16.3. The quantitative estimate of drug-likeness (QED) is 0.725. The topological polar surface area (TPSA) is 76.2 Å². The third-order valence-corrected chi connectivity index (χ3v) is 5.23. The summed E-state index contributed by atoms with van der Waals surface area (Å²) in [5.74, 6) is 0.801. The molecule has 27 heavy (non-hydrogen) atoms. The second kappa shape index (κ2) is 7.92. The third kappa shape index (κ3) is 3.73. The van der Waals surface area contributed by atoms with Gasteiger partial charge in [-0.15, -0.1) is 5.10 Å². The van der Waals surface area contributed by atoms with E-state index in [1.807, 2.05) is 35.9 Å². The molecule has 7 nitrogen and oxygen atoms in total. The van der Waals surface area contributed by atoms with Gasteiger partial charge in [-0.3, -0.25) is 9.69 Å². The van der Waals surface area contributed by atoms with E-state index in [1.165, 1.54) is 19.3 Å². The van der Waals surface area contributed by atoms with E-state index in [0.29, 0.717) is 12.1 Å². The molecule has 1 atom stereocenters. The van der Waals surface area contributed by atoms with Crippen LogP contribution in [0.4, 0.5) is 0 Å². The Kier molecular flexibility index (Phi) is 5.20. The van der Waals surface area contributed by atoms with Crippen LogP contribution in [0.3, 0.4) is 0 Å². The van der Waals surface area contributed by atoms with Crippen molar-refractivity contribution in [3.05, 3.63) is 47.9 Å². The molecule has 1 aliphatic heterocycles. The summed E-state index contributed by atoms with van der Waals surface area (Å²) in [4.78, 5) is 15.1. The molecule has 1 N–H and O–H groups in total. The van der Waals surface area contributed by atoms with Gasteiger partial charge in [0.05, 0.1) is 17.8 Å². The number of aryl methyl sites for hydroxylation is 1. The molecule has 1 aromatic carbocycles. The van der Waals surface area contributed by atoms with Crippen LogP contribution >= 0.6 is 0 Å². The van der Waals surface area contributed by atoms with Crippen LogP contribution in [0.2, 0.25) is 0 Å². The molecule has 0 bridgehead atoms. The highest BCUT2D eigenvalue weighted by Crippen LogP contribution is 2.24. The molecule has 4 rings (SSSR count). The van der Waals surface area contributed by atoms with Crippen molar-refractivity contribution in [2.24, 2.45) is 0 Å². The van der Waals surface area contributed by atoms with Crippen molar-refractivity contribution in [1.82, 2.24) is 25.2 Å². The Labute approximate surface area is 158 Å².